The average molecular weight is 550 g/mol. The van der Waals surface area contributed by atoms with Crippen molar-refractivity contribution in [1.82, 2.24) is 4.57 Å². The Hall–Kier alpha value is -5.60. The van der Waals surface area contributed by atoms with Crippen LogP contribution < -0.4 is 0 Å². The summed E-state index contributed by atoms with van der Waals surface area (Å²) in [7, 11) is 0. The van der Waals surface area contributed by atoms with Gasteiger partial charge >= 0.3 is 0 Å². The maximum Gasteiger partial charge on any atom is 0.139 e. The number of hydrogen-bond acceptors (Lipinski definition) is 1. The summed E-state index contributed by atoms with van der Waals surface area (Å²) in [6.07, 6.45) is 0.808. The highest BCUT2D eigenvalue weighted by atomic mass is 16.3. The van der Waals surface area contributed by atoms with Gasteiger partial charge in [-0.3, -0.25) is 0 Å². The van der Waals surface area contributed by atoms with Gasteiger partial charge in [-0.05, 0) is 63.9 Å². The van der Waals surface area contributed by atoms with Crippen molar-refractivity contribution >= 4 is 54.5 Å². The number of para-hydroxylation sites is 3. The van der Waals surface area contributed by atoms with Gasteiger partial charge in [0.25, 0.3) is 0 Å². The Morgan fingerprint density at radius 2 is 1.16 bits per heavy atom. The van der Waals surface area contributed by atoms with Gasteiger partial charge in [0.05, 0.1) is 11.0 Å². The molecule has 9 aromatic rings. The van der Waals surface area contributed by atoms with Crippen LogP contribution in [0.5, 0.6) is 0 Å². The monoisotopic (exact) mass is 549 g/mol. The quantitative estimate of drug-likeness (QED) is 0.213. The number of benzene rings is 7. The number of nitrogens with zero attached hydrogens (tertiary/aromatic N) is 1. The molecule has 9 rings (SSSR count). The minimum absolute atomic E-state index is 0.808. The summed E-state index contributed by atoms with van der Waals surface area (Å²) < 4.78 is 8.84. The van der Waals surface area contributed by atoms with Crippen molar-refractivity contribution < 1.29 is 4.42 Å². The number of furan rings is 1. The van der Waals surface area contributed by atoms with Gasteiger partial charge in [-0.15, -0.1) is 0 Å². The zero-order valence-corrected chi connectivity index (χ0v) is 23.5. The molecule has 202 valence electrons. The Balaban J connectivity index is 1.13. The summed E-state index contributed by atoms with van der Waals surface area (Å²) in [5.74, 6) is 0. The fourth-order valence-electron chi connectivity index (χ4n) is 6.81. The van der Waals surface area contributed by atoms with Crippen LogP contribution in [0.3, 0.4) is 0 Å². The predicted octanol–water partition coefficient (Wildman–Crippen LogP) is 11.1. The molecule has 2 heteroatoms. The number of hydrogen-bond donors (Lipinski definition) is 0. The zero-order chi connectivity index (χ0) is 28.3. The SMILES string of the molecule is c1ccc(-n2c3ccccc3c3ccc(-c4ccc(Cc5cc6ccccc6c6c5oc5ccccc56)cc4)cc32)cc1. The molecule has 0 aliphatic rings. The molecule has 0 spiro atoms. The molecule has 0 amide bonds. The molecule has 2 nitrogen and oxygen atoms in total. The molecule has 43 heavy (non-hydrogen) atoms. The molecule has 0 fully saturated rings. The summed E-state index contributed by atoms with van der Waals surface area (Å²) in [6.45, 7) is 0. The number of aromatic nitrogens is 1. The highest BCUT2D eigenvalue weighted by Crippen LogP contribution is 2.38. The largest absolute Gasteiger partial charge is 0.456 e. The number of rotatable bonds is 4. The summed E-state index contributed by atoms with van der Waals surface area (Å²) in [5, 5.41) is 7.42. The molecule has 0 atom stereocenters. The second-order valence-corrected chi connectivity index (χ2v) is 11.4. The molecule has 0 radical (unpaired) electrons. The first kappa shape index (κ1) is 24.0. The molecule has 0 bridgehead atoms. The first-order valence-electron chi connectivity index (χ1n) is 14.8. The van der Waals surface area contributed by atoms with Crippen LogP contribution in [0.4, 0.5) is 0 Å². The molecule has 0 unspecified atom stereocenters. The van der Waals surface area contributed by atoms with Crippen molar-refractivity contribution in [3.05, 3.63) is 163 Å². The third-order valence-electron chi connectivity index (χ3n) is 8.82. The lowest BCUT2D eigenvalue weighted by atomic mass is 9.95. The van der Waals surface area contributed by atoms with Crippen LogP contribution in [0.15, 0.2) is 156 Å². The predicted molar refractivity (Wildman–Crippen MR) is 180 cm³/mol. The first-order valence-corrected chi connectivity index (χ1v) is 14.8. The van der Waals surface area contributed by atoms with E-state index in [1.54, 1.807) is 0 Å². The third kappa shape index (κ3) is 3.80. The Bertz CT molecular complexity index is 2460. The van der Waals surface area contributed by atoms with E-state index in [1.807, 2.05) is 6.07 Å². The van der Waals surface area contributed by atoms with Gasteiger partial charge < -0.3 is 8.98 Å². The molecule has 0 aliphatic carbocycles. The lowest BCUT2D eigenvalue weighted by Crippen LogP contribution is -1.93. The van der Waals surface area contributed by atoms with Crippen molar-refractivity contribution in [2.45, 2.75) is 6.42 Å². The Kier molecular flexibility index (Phi) is 5.30. The molecule has 0 aliphatic heterocycles. The smallest absolute Gasteiger partial charge is 0.139 e. The van der Waals surface area contributed by atoms with Gasteiger partial charge in [0.2, 0.25) is 0 Å². The second-order valence-electron chi connectivity index (χ2n) is 11.4. The van der Waals surface area contributed by atoms with E-state index in [-0.39, 0.29) is 0 Å². The Morgan fingerprint density at radius 3 is 2.02 bits per heavy atom. The maximum absolute atomic E-state index is 6.47. The van der Waals surface area contributed by atoms with E-state index in [0.29, 0.717) is 0 Å². The van der Waals surface area contributed by atoms with Crippen LogP contribution in [-0.4, -0.2) is 4.57 Å². The van der Waals surface area contributed by atoms with Gasteiger partial charge in [0, 0.05) is 39.2 Å². The summed E-state index contributed by atoms with van der Waals surface area (Å²) >= 11 is 0. The van der Waals surface area contributed by atoms with Crippen LogP contribution >= 0.6 is 0 Å². The van der Waals surface area contributed by atoms with Crippen molar-refractivity contribution in [1.29, 1.82) is 0 Å². The van der Waals surface area contributed by atoms with E-state index in [2.05, 4.69) is 150 Å². The summed E-state index contributed by atoms with van der Waals surface area (Å²) in [5.41, 5.74) is 10.4. The topological polar surface area (TPSA) is 18.1 Å². The van der Waals surface area contributed by atoms with Crippen molar-refractivity contribution in [2.24, 2.45) is 0 Å². The van der Waals surface area contributed by atoms with Gasteiger partial charge in [0.15, 0.2) is 0 Å². The maximum atomic E-state index is 6.47. The van der Waals surface area contributed by atoms with E-state index in [9.17, 15) is 0 Å². The molecule has 7 aromatic carbocycles. The van der Waals surface area contributed by atoms with Crippen LogP contribution in [0.2, 0.25) is 0 Å². The van der Waals surface area contributed by atoms with Gasteiger partial charge in [-0.25, -0.2) is 0 Å². The van der Waals surface area contributed by atoms with Crippen LogP contribution in [0.25, 0.3) is 71.3 Å². The van der Waals surface area contributed by atoms with E-state index in [1.165, 1.54) is 71.3 Å². The molecule has 0 N–H and O–H groups in total. The van der Waals surface area contributed by atoms with E-state index in [0.717, 1.165) is 17.6 Å². The Labute approximate surface area is 249 Å². The molecule has 0 saturated carbocycles. The average Bonchev–Trinajstić information content (AvgIpc) is 3.62. The minimum Gasteiger partial charge on any atom is -0.456 e. The first-order chi connectivity index (χ1) is 21.3. The second kappa shape index (κ2) is 9.47. The molecular weight excluding hydrogens is 522 g/mol. The van der Waals surface area contributed by atoms with E-state index < -0.39 is 0 Å². The molecule has 0 saturated heterocycles. The fourth-order valence-corrected chi connectivity index (χ4v) is 6.81. The lowest BCUT2D eigenvalue weighted by Gasteiger charge is -2.10. The minimum atomic E-state index is 0.808. The van der Waals surface area contributed by atoms with Crippen LogP contribution in [0, 0.1) is 0 Å². The molecular formula is C41H27NO. The normalized spacial score (nSPS) is 11.8. The van der Waals surface area contributed by atoms with Crippen molar-refractivity contribution in [3.63, 3.8) is 0 Å². The van der Waals surface area contributed by atoms with Crippen molar-refractivity contribution in [2.75, 3.05) is 0 Å². The lowest BCUT2D eigenvalue weighted by molar-refractivity contribution is 0.664. The zero-order valence-electron chi connectivity index (χ0n) is 23.5. The van der Waals surface area contributed by atoms with Crippen LogP contribution in [0.1, 0.15) is 11.1 Å². The van der Waals surface area contributed by atoms with Gasteiger partial charge in [0.1, 0.15) is 11.2 Å². The number of fused-ring (bicyclic) bond motifs is 8. The molecule has 2 heterocycles. The van der Waals surface area contributed by atoms with E-state index >= 15 is 0 Å². The van der Waals surface area contributed by atoms with E-state index in [4.69, 9.17) is 4.42 Å². The third-order valence-corrected chi connectivity index (χ3v) is 8.82. The fraction of sp³-hybridized carbons (Fsp3) is 0.0244. The van der Waals surface area contributed by atoms with Crippen molar-refractivity contribution in [3.8, 4) is 16.8 Å². The molecule has 2 aromatic heterocycles. The van der Waals surface area contributed by atoms with Gasteiger partial charge in [-0.1, -0.05) is 115 Å². The van der Waals surface area contributed by atoms with Gasteiger partial charge in [-0.2, -0.15) is 0 Å². The standard InChI is InChI=1S/C41H27NO/c1-2-11-32(12-3-1)42-37-16-8-6-14-34(37)35-23-22-29(26-38(35)42)28-20-18-27(19-21-28)24-31-25-30-10-4-5-13-33(30)40-36-15-7-9-17-39(36)43-41(31)40/h1-23,25-26H,24H2. The summed E-state index contributed by atoms with van der Waals surface area (Å²) in [6, 6.07) is 54.5. The highest BCUT2D eigenvalue weighted by molar-refractivity contribution is 6.19. The van der Waals surface area contributed by atoms with Crippen LogP contribution in [-0.2, 0) is 6.42 Å². The summed E-state index contributed by atoms with van der Waals surface area (Å²) in [4.78, 5) is 0. The highest BCUT2D eigenvalue weighted by Gasteiger charge is 2.16. The Morgan fingerprint density at radius 1 is 0.488 bits per heavy atom.